The van der Waals surface area contributed by atoms with Gasteiger partial charge in [-0.1, -0.05) is 58.7 Å². The topological polar surface area (TPSA) is 61.4 Å². The number of hydrogen-bond donors (Lipinski definition) is 0. The zero-order chi connectivity index (χ0) is 25.2. The first-order valence-corrected chi connectivity index (χ1v) is 14.0. The molecule has 4 heterocycles. The molecule has 184 valence electrons. The first kappa shape index (κ1) is 24.0. The van der Waals surface area contributed by atoms with E-state index in [1.807, 2.05) is 47.7 Å². The van der Waals surface area contributed by atoms with Gasteiger partial charge in [0.05, 0.1) is 33.3 Å². The first-order valence-electron chi connectivity index (χ1n) is 11.4. The summed E-state index contributed by atoms with van der Waals surface area (Å²) in [5, 5.41) is 11.5. The highest BCUT2D eigenvalue weighted by atomic mass is 35.5. The fourth-order valence-corrected chi connectivity index (χ4v) is 6.98. The number of thioether (sulfide) groups is 1. The van der Waals surface area contributed by atoms with Crippen molar-refractivity contribution in [1.82, 2.24) is 19.2 Å². The van der Waals surface area contributed by atoms with Gasteiger partial charge in [0, 0.05) is 17.1 Å². The molecule has 2 aromatic carbocycles. The number of ether oxygens (including phenoxy) is 1. The number of thiophene rings is 1. The number of benzene rings is 2. The van der Waals surface area contributed by atoms with E-state index in [0.717, 1.165) is 37.5 Å². The summed E-state index contributed by atoms with van der Waals surface area (Å²) >= 11 is 15.4. The largest absolute Gasteiger partial charge is 0.370 e. The van der Waals surface area contributed by atoms with Crippen LogP contribution in [0.25, 0.3) is 21.7 Å². The molecule has 0 atom stereocenters. The Morgan fingerprint density at radius 1 is 1.11 bits per heavy atom. The van der Waals surface area contributed by atoms with Gasteiger partial charge in [0.15, 0.2) is 5.16 Å². The predicted molar refractivity (Wildman–Crippen MR) is 147 cm³/mol. The smallest absolute Gasteiger partial charge is 0.268 e. The molecule has 36 heavy (non-hydrogen) atoms. The Balaban J connectivity index is 1.58. The van der Waals surface area contributed by atoms with Crippen molar-refractivity contribution in [2.45, 2.75) is 50.3 Å². The second-order valence-electron chi connectivity index (χ2n) is 9.54. The van der Waals surface area contributed by atoms with Crippen LogP contribution in [0.1, 0.15) is 35.4 Å². The lowest BCUT2D eigenvalue weighted by Gasteiger charge is -2.29. The lowest BCUT2D eigenvalue weighted by Crippen LogP contribution is -2.32. The zero-order valence-electron chi connectivity index (χ0n) is 19.8. The molecular weight excluding hydrogens is 535 g/mol. The number of hydrogen-bond acceptors (Lipinski definition) is 6. The van der Waals surface area contributed by atoms with Crippen LogP contribution in [0.2, 0.25) is 10.0 Å². The summed E-state index contributed by atoms with van der Waals surface area (Å²) in [5.74, 6) is 1.12. The third-order valence-corrected chi connectivity index (χ3v) is 9.28. The molecule has 0 saturated carbocycles. The highest BCUT2D eigenvalue weighted by molar-refractivity contribution is 7.98. The molecule has 6 rings (SSSR count). The van der Waals surface area contributed by atoms with E-state index in [1.54, 1.807) is 33.7 Å². The Labute approximate surface area is 225 Å². The summed E-state index contributed by atoms with van der Waals surface area (Å²) in [5.41, 5.74) is 3.55. The van der Waals surface area contributed by atoms with Gasteiger partial charge in [-0.3, -0.25) is 4.79 Å². The number of rotatable bonds is 4. The lowest BCUT2D eigenvalue weighted by molar-refractivity contribution is -0.0379. The maximum atomic E-state index is 14.0. The van der Waals surface area contributed by atoms with Crippen LogP contribution < -0.4 is 5.56 Å². The van der Waals surface area contributed by atoms with Gasteiger partial charge >= 0.3 is 0 Å². The van der Waals surface area contributed by atoms with Gasteiger partial charge in [0.1, 0.15) is 4.83 Å². The maximum Gasteiger partial charge on any atom is 0.268 e. The molecule has 6 nitrogen and oxygen atoms in total. The Morgan fingerprint density at radius 2 is 1.89 bits per heavy atom. The van der Waals surface area contributed by atoms with Crippen LogP contribution >= 0.6 is 46.3 Å². The number of aromatic nitrogens is 4. The van der Waals surface area contributed by atoms with E-state index >= 15 is 0 Å². The van der Waals surface area contributed by atoms with Crippen LogP contribution in [-0.2, 0) is 23.5 Å². The molecule has 1 aliphatic rings. The van der Waals surface area contributed by atoms with E-state index in [4.69, 9.17) is 27.9 Å². The van der Waals surface area contributed by atoms with Gasteiger partial charge in [-0.15, -0.1) is 21.5 Å². The van der Waals surface area contributed by atoms with Gasteiger partial charge in [-0.25, -0.2) is 8.97 Å². The van der Waals surface area contributed by atoms with Crippen LogP contribution in [0, 0.1) is 6.92 Å². The number of halogens is 2. The minimum absolute atomic E-state index is 0.0787. The summed E-state index contributed by atoms with van der Waals surface area (Å²) in [6, 6.07) is 13.5. The lowest BCUT2D eigenvalue weighted by atomic mass is 9.94. The van der Waals surface area contributed by atoms with E-state index < -0.39 is 0 Å². The van der Waals surface area contributed by atoms with Crippen LogP contribution in [0.3, 0.4) is 0 Å². The standard InChI is InChI=1S/C26H22Cl2N4O2S2/c1-14-4-7-16(8-5-14)31-22(33)21-17-11-26(2,3)34-12-20(17)36-23(21)32-24(31)29-30-25(32)35-13-15-6-9-18(27)19(28)10-15/h4-10H,11-13H2,1-3H3. The third kappa shape index (κ3) is 4.05. The molecule has 0 bridgehead atoms. The normalized spacial score (nSPS) is 15.0. The molecule has 0 saturated heterocycles. The Kier molecular flexibility index (Phi) is 5.92. The minimum atomic E-state index is -0.338. The Bertz CT molecular complexity index is 1700. The molecule has 0 aliphatic carbocycles. The summed E-state index contributed by atoms with van der Waals surface area (Å²) in [4.78, 5) is 16.0. The van der Waals surface area contributed by atoms with Gasteiger partial charge in [0.25, 0.3) is 5.56 Å². The van der Waals surface area contributed by atoms with Crippen molar-refractivity contribution < 1.29 is 4.74 Å². The van der Waals surface area contributed by atoms with Crippen LogP contribution in [-0.4, -0.2) is 24.8 Å². The highest BCUT2D eigenvalue weighted by Gasteiger charge is 2.32. The minimum Gasteiger partial charge on any atom is -0.370 e. The quantitative estimate of drug-likeness (QED) is 0.226. The average Bonchev–Trinajstić information content (AvgIpc) is 3.42. The van der Waals surface area contributed by atoms with E-state index in [0.29, 0.717) is 39.8 Å². The first-order chi connectivity index (χ1) is 17.2. The van der Waals surface area contributed by atoms with Gasteiger partial charge in [0.2, 0.25) is 5.78 Å². The van der Waals surface area contributed by atoms with Crippen LogP contribution in [0.4, 0.5) is 0 Å². The Morgan fingerprint density at radius 3 is 2.64 bits per heavy atom. The van der Waals surface area contributed by atoms with Gasteiger partial charge in [-0.2, -0.15) is 0 Å². The van der Waals surface area contributed by atoms with Crippen LogP contribution in [0.5, 0.6) is 0 Å². The van der Waals surface area contributed by atoms with Crippen molar-refractivity contribution in [3.63, 3.8) is 0 Å². The number of aryl methyl sites for hydroxylation is 1. The molecule has 5 aromatic rings. The molecule has 0 radical (unpaired) electrons. The maximum absolute atomic E-state index is 14.0. The molecule has 1 aliphatic heterocycles. The van der Waals surface area contributed by atoms with Gasteiger partial charge in [-0.05, 0) is 56.2 Å². The van der Waals surface area contributed by atoms with Gasteiger partial charge < -0.3 is 4.74 Å². The summed E-state index contributed by atoms with van der Waals surface area (Å²) in [7, 11) is 0. The van der Waals surface area contributed by atoms with E-state index in [2.05, 4.69) is 24.0 Å². The number of nitrogens with zero attached hydrogens (tertiary/aromatic N) is 4. The second kappa shape index (κ2) is 8.89. The number of fused-ring (bicyclic) bond motifs is 5. The predicted octanol–water partition coefficient (Wildman–Crippen LogP) is 6.85. The molecule has 0 spiro atoms. The van der Waals surface area contributed by atoms with E-state index in [1.165, 1.54) is 0 Å². The van der Waals surface area contributed by atoms with Crippen molar-refractivity contribution in [3.8, 4) is 5.69 Å². The van der Waals surface area contributed by atoms with Crippen molar-refractivity contribution in [2.75, 3.05) is 0 Å². The van der Waals surface area contributed by atoms with Crippen LogP contribution in [0.15, 0.2) is 52.4 Å². The monoisotopic (exact) mass is 556 g/mol. The summed E-state index contributed by atoms with van der Waals surface area (Å²) < 4.78 is 9.75. The molecule has 10 heteroatoms. The van der Waals surface area contributed by atoms with Crippen molar-refractivity contribution in [1.29, 1.82) is 0 Å². The SMILES string of the molecule is Cc1ccc(-n2c(=O)c3c4c(sc3n3c(SCc5ccc(Cl)c(Cl)c5)nnc23)COC(C)(C)C4)cc1. The second-order valence-corrected chi connectivity index (χ2v) is 12.4. The summed E-state index contributed by atoms with van der Waals surface area (Å²) in [6.07, 6.45) is 0.671. The highest BCUT2D eigenvalue weighted by Crippen LogP contribution is 2.39. The molecule has 0 fully saturated rings. The van der Waals surface area contributed by atoms with E-state index in [-0.39, 0.29) is 11.2 Å². The molecule has 3 aromatic heterocycles. The van der Waals surface area contributed by atoms with Crippen molar-refractivity contribution in [3.05, 3.63) is 84.4 Å². The zero-order valence-corrected chi connectivity index (χ0v) is 23.0. The molecule has 0 N–H and O–H groups in total. The molecule has 0 unspecified atom stereocenters. The van der Waals surface area contributed by atoms with Crippen molar-refractivity contribution >= 4 is 62.3 Å². The van der Waals surface area contributed by atoms with E-state index in [9.17, 15) is 4.79 Å². The molecule has 0 amide bonds. The molecular formula is C26H22Cl2N4O2S2. The Hall–Kier alpha value is -2.36. The third-order valence-electron chi connectivity index (χ3n) is 6.35. The van der Waals surface area contributed by atoms with Crippen molar-refractivity contribution in [2.24, 2.45) is 0 Å². The summed E-state index contributed by atoms with van der Waals surface area (Å²) in [6.45, 7) is 6.64. The average molecular weight is 558 g/mol. The fourth-order valence-electron chi connectivity index (χ4n) is 4.50. The fraction of sp³-hybridized carbons (Fsp3) is 0.269.